The summed E-state index contributed by atoms with van der Waals surface area (Å²) in [6.07, 6.45) is -0.899. The van der Waals surface area contributed by atoms with Gasteiger partial charge >= 0.3 is 6.18 Å². The normalized spacial score (nSPS) is 13.2. The highest BCUT2D eigenvalue weighted by Crippen LogP contribution is 2.34. The van der Waals surface area contributed by atoms with Gasteiger partial charge in [0.15, 0.2) is 0 Å². The van der Waals surface area contributed by atoms with Crippen molar-refractivity contribution in [2.24, 2.45) is 7.05 Å². The highest BCUT2D eigenvalue weighted by atomic mass is 19.4. The van der Waals surface area contributed by atoms with Crippen molar-refractivity contribution in [1.29, 1.82) is 0 Å². The van der Waals surface area contributed by atoms with Crippen molar-refractivity contribution in [1.82, 2.24) is 29.9 Å². The number of hydrogen-bond acceptors (Lipinski definition) is 4. The number of H-pyrrole nitrogens is 1. The van der Waals surface area contributed by atoms with Crippen LogP contribution in [0.25, 0.3) is 22.2 Å². The van der Waals surface area contributed by atoms with Crippen LogP contribution in [0.2, 0.25) is 0 Å². The van der Waals surface area contributed by atoms with E-state index in [0.29, 0.717) is 16.6 Å². The lowest BCUT2D eigenvalue weighted by Gasteiger charge is -2.15. The van der Waals surface area contributed by atoms with E-state index < -0.39 is 11.9 Å². The van der Waals surface area contributed by atoms with Gasteiger partial charge in [-0.2, -0.15) is 18.3 Å². The first-order valence-corrected chi connectivity index (χ1v) is 8.74. The van der Waals surface area contributed by atoms with Crippen LogP contribution < -0.4 is 0 Å². The van der Waals surface area contributed by atoms with E-state index >= 15 is 0 Å². The predicted molar refractivity (Wildman–Crippen MR) is 97.5 cm³/mol. The molecule has 0 aliphatic carbocycles. The average Bonchev–Trinajstić information content (AvgIpc) is 3.28. The van der Waals surface area contributed by atoms with E-state index in [1.165, 1.54) is 0 Å². The van der Waals surface area contributed by atoms with Crippen LogP contribution in [0, 0.1) is 0 Å². The lowest BCUT2D eigenvalue weighted by molar-refractivity contribution is -0.141. The van der Waals surface area contributed by atoms with Gasteiger partial charge in [0, 0.05) is 23.9 Å². The van der Waals surface area contributed by atoms with Crippen molar-refractivity contribution in [2.45, 2.75) is 25.4 Å². The summed E-state index contributed by atoms with van der Waals surface area (Å²) in [7, 11) is 1.88. The van der Waals surface area contributed by atoms with Crippen molar-refractivity contribution < 1.29 is 13.2 Å². The van der Waals surface area contributed by atoms with Crippen LogP contribution in [-0.4, -0.2) is 29.9 Å². The number of halogens is 3. The standard InChI is InChI=1S/C19H17F3N6/c1-3-13(18-27-24-10-28(18)2)11-5-4-6-12(7-11)17-14-8-16(19(20,21)22)23-9-15(14)25-26-17/h4-10,13H,3H2,1-2H3,(H,25,26)/t13-/m1/s1. The number of nitrogens with zero attached hydrogens (tertiary/aromatic N) is 5. The molecule has 0 aliphatic heterocycles. The third-order valence-electron chi connectivity index (χ3n) is 4.77. The van der Waals surface area contributed by atoms with E-state index in [1.807, 2.05) is 35.9 Å². The Morgan fingerprint density at radius 2 is 2.04 bits per heavy atom. The van der Waals surface area contributed by atoms with E-state index in [0.717, 1.165) is 35.6 Å². The number of benzene rings is 1. The minimum Gasteiger partial charge on any atom is -0.320 e. The number of aromatic nitrogens is 6. The Balaban J connectivity index is 1.81. The van der Waals surface area contributed by atoms with Gasteiger partial charge in [-0.05, 0) is 24.1 Å². The highest BCUT2D eigenvalue weighted by molar-refractivity contribution is 5.92. The zero-order chi connectivity index (χ0) is 19.9. The molecular weight excluding hydrogens is 369 g/mol. The van der Waals surface area contributed by atoms with E-state index in [-0.39, 0.29) is 5.92 Å². The van der Waals surface area contributed by atoms with Gasteiger partial charge in [0.2, 0.25) is 0 Å². The molecule has 4 aromatic rings. The predicted octanol–water partition coefficient (Wildman–Crippen LogP) is 4.31. The maximum absolute atomic E-state index is 13.1. The quantitative estimate of drug-likeness (QED) is 0.567. The molecule has 1 atom stereocenters. The van der Waals surface area contributed by atoms with Crippen molar-refractivity contribution in [3.63, 3.8) is 0 Å². The van der Waals surface area contributed by atoms with E-state index in [9.17, 15) is 13.2 Å². The Bertz CT molecular complexity index is 1130. The van der Waals surface area contributed by atoms with Crippen molar-refractivity contribution in [3.8, 4) is 11.3 Å². The Morgan fingerprint density at radius 3 is 2.71 bits per heavy atom. The Hall–Kier alpha value is -3.23. The fourth-order valence-electron chi connectivity index (χ4n) is 3.37. The summed E-state index contributed by atoms with van der Waals surface area (Å²) >= 11 is 0. The molecule has 1 aromatic carbocycles. The lowest BCUT2D eigenvalue weighted by Crippen LogP contribution is -2.07. The molecule has 6 nitrogen and oxygen atoms in total. The summed E-state index contributed by atoms with van der Waals surface area (Å²) in [5.41, 5.74) is 1.69. The van der Waals surface area contributed by atoms with Crippen molar-refractivity contribution in [3.05, 3.63) is 59.9 Å². The van der Waals surface area contributed by atoms with Crippen LogP contribution in [0.5, 0.6) is 0 Å². The fourth-order valence-corrected chi connectivity index (χ4v) is 3.37. The Kier molecular flexibility index (Phi) is 4.37. The second-order valence-corrected chi connectivity index (χ2v) is 6.57. The second kappa shape index (κ2) is 6.74. The molecule has 28 heavy (non-hydrogen) atoms. The van der Waals surface area contributed by atoms with Gasteiger partial charge in [-0.3, -0.25) is 5.10 Å². The maximum atomic E-state index is 13.1. The summed E-state index contributed by atoms with van der Waals surface area (Å²) in [4.78, 5) is 3.47. The average molecular weight is 386 g/mol. The number of aryl methyl sites for hydroxylation is 1. The van der Waals surface area contributed by atoms with Crippen LogP contribution in [0.3, 0.4) is 0 Å². The third-order valence-corrected chi connectivity index (χ3v) is 4.77. The number of fused-ring (bicyclic) bond motifs is 1. The molecule has 4 rings (SSSR count). The van der Waals surface area contributed by atoms with Crippen LogP contribution in [0.1, 0.15) is 36.3 Å². The zero-order valence-corrected chi connectivity index (χ0v) is 15.2. The molecule has 1 N–H and O–H groups in total. The molecule has 0 saturated carbocycles. The molecular formula is C19H17F3N6. The number of alkyl halides is 3. The number of nitrogens with one attached hydrogen (secondary N) is 1. The summed E-state index contributed by atoms with van der Waals surface area (Å²) in [6.45, 7) is 2.05. The molecule has 0 fully saturated rings. The monoisotopic (exact) mass is 386 g/mol. The van der Waals surface area contributed by atoms with Gasteiger partial charge in [-0.15, -0.1) is 10.2 Å². The lowest BCUT2D eigenvalue weighted by atomic mass is 9.93. The highest BCUT2D eigenvalue weighted by Gasteiger charge is 2.33. The first-order valence-electron chi connectivity index (χ1n) is 8.74. The van der Waals surface area contributed by atoms with Gasteiger partial charge in [0.05, 0.1) is 11.7 Å². The van der Waals surface area contributed by atoms with Crippen LogP contribution >= 0.6 is 0 Å². The molecule has 0 radical (unpaired) electrons. The van der Waals surface area contributed by atoms with Crippen molar-refractivity contribution in [2.75, 3.05) is 0 Å². The smallest absolute Gasteiger partial charge is 0.320 e. The first-order chi connectivity index (χ1) is 13.4. The Labute approximate surface area is 158 Å². The summed E-state index contributed by atoms with van der Waals surface area (Å²) in [5.74, 6) is 0.847. The molecule has 0 spiro atoms. The van der Waals surface area contributed by atoms with E-state index in [1.54, 1.807) is 6.33 Å². The molecule has 0 saturated heterocycles. The van der Waals surface area contributed by atoms with Crippen LogP contribution in [0.15, 0.2) is 42.9 Å². The molecule has 0 unspecified atom stereocenters. The maximum Gasteiger partial charge on any atom is 0.433 e. The number of hydrogen-bond donors (Lipinski definition) is 1. The molecule has 3 heterocycles. The second-order valence-electron chi connectivity index (χ2n) is 6.57. The van der Waals surface area contributed by atoms with Crippen molar-refractivity contribution >= 4 is 10.9 Å². The summed E-state index contributed by atoms with van der Waals surface area (Å²) in [5, 5.41) is 15.5. The SMILES string of the molecule is CC[C@H](c1cccc(-c2n[nH]c3cnc(C(F)(F)F)cc23)c1)c1nncn1C. The van der Waals surface area contributed by atoms with Gasteiger partial charge < -0.3 is 4.57 Å². The minimum atomic E-state index is -4.51. The zero-order valence-electron chi connectivity index (χ0n) is 15.2. The van der Waals surface area contributed by atoms with Gasteiger partial charge in [-0.1, -0.05) is 25.1 Å². The molecule has 3 aromatic heterocycles. The third kappa shape index (κ3) is 3.12. The van der Waals surface area contributed by atoms with Gasteiger partial charge in [-0.25, -0.2) is 4.98 Å². The van der Waals surface area contributed by atoms with Gasteiger partial charge in [0.1, 0.15) is 23.5 Å². The van der Waals surface area contributed by atoms with Crippen LogP contribution in [0.4, 0.5) is 13.2 Å². The molecule has 144 valence electrons. The Morgan fingerprint density at radius 1 is 1.21 bits per heavy atom. The fraction of sp³-hybridized carbons (Fsp3) is 0.263. The molecule has 0 amide bonds. The number of pyridine rings is 1. The summed E-state index contributed by atoms with van der Waals surface area (Å²) in [6, 6.07) is 8.64. The molecule has 0 bridgehead atoms. The van der Waals surface area contributed by atoms with Crippen LogP contribution in [-0.2, 0) is 13.2 Å². The van der Waals surface area contributed by atoms with E-state index in [2.05, 4.69) is 32.3 Å². The summed E-state index contributed by atoms with van der Waals surface area (Å²) < 4.78 is 41.0. The number of aromatic amines is 1. The van der Waals surface area contributed by atoms with Gasteiger partial charge in [0.25, 0.3) is 0 Å². The van der Waals surface area contributed by atoms with E-state index in [4.69, 9.17) is 0 Å². The largest absolute Gasteiger partial charge is 0.433 e. The molecule has 9 heteroatoms. The first kappa shape index (κ1) is 18.1. The number of rotatable bonds is 4. The minimum absolute atomic E-state index is 0.0186. The molecule has 0 aliphatic rings. The topological polar surface area (TPSA) is 72.3 Å².